The molecule has 182 valence electrons. The quantitative estimate of drug-likeness (QED) is 0.433. The maximum atomic E-state index is 14.7. The van der Waals surface area contributed by atoms with Crippen LogP contribution in [0.3, 0.4) is 0 Å². The van der Waals surface area contributed by atoms with Crippen molar-refractivity contribution in [2.75, 3.05) is 23.1 Å². The predicted octanol–water partition coefficient (Wildman–Crippen LogP) is 5.31. The highest BCUT2D eigenvalue weighted by atomic mass is 32.2. The molecular weight excluding hydrogens is 478 g/mol. The number of anilines is 2. The molecule has 2 heterocycles. The second kappa shape index (κ2) is 9.59. The fourth-order valence-corrected chi connectivity index (χ4v) is 5.62. The summed E-state index contributed by atoms with van der Waals surface area (Å²) in [5.41, 5.74) is 4.04. The average Bonchev–Trinajstić information content (AvgIpc) is 3.20. The summed E-state index contributed by atoms with van der Waals surface area (Å²) >= 11 is 1.16. The normalized spacial score (nSPS) is 15.2. The van der Waals surface area contributed by atoms with Crippen LogP contribution in [0.2, 0.25) is 0 Å². The Morgan fingerprint density at radius 1 is 1.12 bits per heavy atom. The lowest BCUT2D eigenvalue weighted by Crippen LogP contribution is -2.51. The Labute approximate surface area is 203 Å². The highest BCUT2D eigenvalue weighted by Crippen LogP contribution is 2.34. The van der Waals surface area contributed by atoms with Gasteiger partial charge in [0.15, 0.2) is 10.7 Å². The van der Waals surface area contributed by atoms with E-state index in [1.54, 1.807) is 0 Å². The number of rotatable bonds is 8. The van der Waals surface area contributed by atoms with Gasteiger partial charge in [-0.2, -0.15) is 0 Å². The molecule has 34 heavy (non-hydrogen) atoms. The van der Waals surface area contributed by atoms with Gasteiger partial charge in [-0.15, -0.1) is 11.3 Å². The molecule has 4 rings (SSSR count). The molecule has 0 bridgehead atoms. The SMILES string of the molecule is CC(C)(C)C1CN(Cc2ccccc2CNc2cc(F)c(S(=O)(=O)Nc3cscn3)c(F)c2)C1. The van der Waals surface area contributed by atoms with E-state index in [-0.39, 0.29) is 11.5 Å². The van der Waals surface area contributed by atoms with Crippen LogP contribution in [0.25, 0.3) is 0 Å². The van der Waals surface area contributed by atoms with Crippen molar-refractivity contribution in [2.24, 2.45) is 11.3 Å². The third-order valence-electron chi connectivity index (χ3n) is 6.12. The first kappa shape index (κ1) is 24.6. The van der Waals surface area contributed by atoms with Crippen molar-refractivity contribution in [1.82, 2.24) is 9.88 Å². The van der Waals surface area contributed by atoms with Gasteiger partial charge in [-0.1, -0.05) is 45.0 Å². The molecule has 1 aliphatic heterocycles. The van der Waals surface area contributed by atoms with Crippen molar-refractivity contribution in [3.8, 4) is 0 Å². The van der Waals surface area contributed by atoms with Gasteiger partial charge in [-0.3, -0.25) is 9.62 Å². The van der Waals surface area contributed by atoms with E-state index in [1.807, 2.05) is 18.2 Å². The number of nitrogens with one attached hydrogen (secondary N) is 2. The van der Waals surface area contributed by atoms with Crippen molar-refractivity contribution in [3.05, 3.63) is 70.1 Å². The summed E-state index contributed by atoms with van der Waals surface area (Å²) in [6.07, 6.45) is 0. The largest absolute Gasteiger partial charge is 0.381 e. The average molecular weight is 507 g/mol. The molecular formula is C24H28F2N4O2S2. The van der Waals surface area contributed by atoms with Crippen LogP contribution in [0, 0.1) is 23.0 Å². The van der Waals surface area contributed by atoms with Crippen molar-refractivity contribution in [2.45, 2.75) is 38.8 Å². The highest BCUT2D eigenvalue weighted by Gasteiger charge is 2.35. The Hall–Kier alpha value is -2.56. The van der Waals surface area contributed by atoms with E-state index in [0.717, 1.165) is 54.2 Å². The van der Waals surface area contributed by atoms with Crippen molar-refractivity contribution >= 4 is 32.9 Å². The van der Waals surface area contributed by atoms with Crippen LogP contribution < -0.4 is 10.0 Å². The Bertz CT molecular complexity index is 1230. The Morgan fingerprint density at radius 3 is 2.35 bits per heavy atom. The van der Waals surface area contributed by atoms with Crippen LogP contribution in [0.15, 0.2) is 52.2 Å². The van der Waals surface area contributed by atoms with E-state index in [2.05, 4.69) is 46.8 Å². The summed E-state index contributed by atoms with van der Waals surface area (Å²) in [5.74, 6) is -1.66. The van der Waals surface area contributed by atoms with Crippen LogP contribution >= 0.6 is 11.3 Å². The molecule has 2 N–H and O–H groups in total. The van der Waals surface area contributed by atoms with E-state index >= 15 is 0 Å². The minimum atomic E-state index is -4.45. The Kier molecular flexibility index (Phi) is 6.93. The molecule has 0 spiro atoms. The van der Waals surface area contributed by atoms with Gasteiger partial charge in [-0.25, -0.2) is 22.2 Å². The monoisotopic (exact) mass is 506 g/mol. The molecule has 1 aliphatic rings. The summed E-state index contributed by atoms with van der Waals surface area (Å²) in [5, 5.41) is 4.46. The maximum absolute atomic E-state index is 14.7. The molecule has 0 atom stereocenters. The van der Waals surface area contributed by atoms with E-state index < -0.39 is 26.6 Å². The predicted molar refractivity (Wildman–Crippen MR) is 131 cm³/mol. The molecule has 6 nitrogen and oxygen atoms in total. The molecule has 0 radical (unpaired) electrons. The number of benzene rings is 2. The topological polar surface area (TPSA) is 74.3 Å². The second-order valence-corrected chi connectivity index (χ2v) is 12.0. The van der Waals surface area contributed by atoms with E-state index in [1.165, 1.54) is 10.9 Å². The molecule has 0 saturated carbocycles. The lowest BCUT2D eigenvalue weighted by molar-refractivity contribution is 0.0187. The summed E-state index contributed by atoms with van der Waals surface area (Å²) in [4.78, 5) is 5.15. The number of halogens is 2. The fraction of sp³-hybridized carbons (Fsp3) is 0.375. The van der Waals surface area contributed by atoms with Gasteiger partial charge < -0.3 is 5.32 Å². The zero-order valence-corrected chi connectivity index (χ0v) is 20.9. The van der Waals surface area contributed by atoms with Gasteiger partial charge in [0.1, 0.15) is 11.6 Å². The Balaban J connectivity index is 1.44. The number of hydrogen-bond donors (Lipinski definition) is 2. The minimum Gasteiger partial charge on any atom is -0.381 e. The van der Waals surface area contributed by atoms with Crippen LogP contribution in [0.1, 0.15) is 31.9 Å². The number of nitrogens with zero attached hydrogens (tertiary/aromatic N) is 2. The van der Waals surface area contributed by atoms with Crippen LogP contribution in [0.4, 0.5) is 20.3 Å². The number of likely N-dealkylation sites (tertiary alicyclic amines) is 1. The third kappa shape index (κ3) is 5.56. The van der Waals surface area contributed by atoms with E-state index in [4.69, 9.17) is 0 Å². The lowest BCUT2D eigenvalue weighted by atomic mass is 9.76. The third-order valence-corrected chi connectivity index (χ3v) is 8.11. The first-order valence-electron chi connectivity index (χ1n) is 11.0. The minimum absolute atomic E-state index is 0.0126. The van der Waals surface area contributed by atoms with Gasteiger partial charge in [0.2, 0.25) is 0 Å². The highest BCUT2D eigenvalue weighted by molar-refractivity contribution is 7.92. The van der Waals surface area contributed by atoms with Gasteiger partial charge in [0.25, 0.3) is 10.0 Å². The molecule has 3 aromatic rings. The maximum Gasteiger partial charge on any atom is 0.268 e. The van der Waals surface area contributed by atoms with Crippen molar-refractivity contribution < 1.29 is 17.2 Å². The molecule has 1 saturated heterocycles. The number of sulfonamides is 1. The summed E-state index contributed by atoms with van der Waals surface area (Å²) in [7, 11) is -4.45. The van der Waals surface area contributed by atoms with Crippen LogP contribution in [-0.4, -0.2) is 31.4 Å². The standard InChI is InChI=1S/C24H28F2N4O2S2/c1-24(2,3)18-12-30(13-18)11-17-7-5-4-6-16(17)10-27-19-8-20(25)23(21(26)9-19)34(31,32)29-22-14-33-15-28-22/h4-9,14-15,18,27,29H,10-13H2,1-3H3. The zero-order valence-electron chi connectivity index (χ0n) is 19.3. The lowest BCUT2D eigenvalue weighted by Gasteiger charge is -2.46. The van der Waals surface area contributed by atoms with Crippen molar-refractivity contribution in [3.63, 3.8) is 0 Å². The molecule has 0 aliphatic carbocycles. The van der Waals surface area contributed by atoms with Crippen LogP contribution in [-0.2, 0) is 23.1 Å². The summed E-state index contributed by atoms with van der Waals surface area (Å²) in [6.45, 7) is 10.0. The number of hydrogen-bond acceptors (Lipinski definition) is 6. The van der Waals surface area contributed by atoms with Crippen molar-refractivity contribution in [1.29, 1.82) is 0 Å². The van der Waals surface area contributed by atoms with E-state index in [9.17, 15) is 17.2 Å². The summed E-state index contributed by atoms with van der Waals surface area (Å²) in [6, 6.07) is 9.92. The zero-order chi connectivity index (χ0) is 24.5. The first-order valence-corrected chi connectivity index (χ1v) is 13.4. The number of thiazole rings is 1. The van der Waals surface area contributed by atoms with Crippen LogP contribution in [0.5, 0.6) is 0 Å². The molecule has 1 fully saturated rings. The van der Waals surface area contributed by atoms with Gasteiger partial charge in [0.05, 0.1) is 5.51 Å². The Morgan fingerprint density at radius 2 is 1.76 bits per heavy atom. The first-order chi connectivity index (χ1) is 16.0. The fourth-order valence-electron chi connectivity index (χ4n) is 3.94. The summed E-state index contributed by atoms with van der Waals surface area (Å²) < 4.78 is 56.3. The van der Waals surface area contributed by atoms with Gasteiger partial charge in [0, 0.05) is 37.2 Å². The molecule has 2 aromatic carbocycles. The van der Waals surface area contributed by atoms with Gasteiger partial charge >= 0.3 is 0 Å². The smallest absolute Gasteiger partial charge is 0.268 e. The number of aromatic nitrogens is 1. The molecule has 10 heteroatoms. The molecule has 0 unspecified atom stereocenters. The second-order valence-electron chi connectivity index (χ2n) is 9.63. The molecule has 1 aromatic heterocycles. The molecule has 0 amide bonds. The van der Waals surface area contributed by atoms with Gasteiger partial charge in [-0.05, 0) is 34.6 Å². The van der Waals surface area contributed by atoms with E-state index in [0.29, 0.717) is 17.9 Å².